The number of halogens is 5. The topological polar surface area (TPSA) is 72.2 Å². The van der Waals surface area contributed by atoms with Crippen LogP contribution in [0.5, 0.6) is 5.88 Å². The van der Waals surface area contributed by atoms with Crippen LogP contribution in [0.1, 0.15) is 12.1 Å². The van der Waals surface area contributed by atoms with Crippen LogP contribution < -0.4 is 14.5 Å². The van der Waals surface area contributed by atoms with Crippen molar-refractivity contribution in [3.63, 3.8) is 0 Å². The van der Waals surface area contributed by atoms with Crippen molar-refractivity contribution in [2.45, 2.75) is 25.6 Å². The summed E-state index contributed by atoms with van der Waals surface area (Å²) in [4.78, 5) is 16.1. The Morgan fingerprint density at radius 2 is 1.91 bits per heavy atom. The van der Waals surface area contributed by atoms with E-state index in [0.29, 0.717) is 43.2 Å². The van der Waals surface area contributed by atoms with Gasteiger partial charge >= 0.3 is 6.18 Å². The van der Waals surface area contributed by atoms with Gasteiger partial charge in [-0.2, -0.15) is 18.2 Å². The molecule has 0 atom stereocenters. The highest BCUT2D eigenvalue weighted by Gasteiger charge is 2.48. The van der Waals surface area contributed by atoms with Crippen LogP contribution in [0.4, 0.5) is 33.6 Å². The van der Waals surface area contributed by atoms with Gasteiger partial charge in [-0.3, -0.25) is 4.98 Å². The number of pyridine rings is 1. The predicted molar refractivity (Wildman–Crippen MR) is 109 cm³/mol. The molecule has 3 aromatic rings. The van der Waals surface area contributed by atoms with E-state index in [1.807, 2.05) is 9.80 Å². The first-order chi connectivity index (χ1) is 15.7. The standard InChI is InChI=1S/C20H20F5N7O/c1-33-17-13-7-27-18(28-16(13)32(29-17)8-15(21)22)30-5-3-19(9-30)10-31(11-19)12-2-4-26-14(6-12)20(23,24)25/h2,4,6-7,15H,3,5,8-11H2,1H3. The second-order valence-corrected chi connectivity index (χ2v) is 8.41. The fraction of sp³-hybridized carbons (Fsp3) is 0.500. The zero-order valence-electron chi connectivity index (χ0n) is 17.6. The fourth-order valence-corrected chi connectivity index (χ4v) is 4.56. The van der Waals surface area contributed by atoms with Gasteiger partial charge in [-0.15, -0.1) is 5.10 Å². The third-order valence-corrected chi connectivity index (χ3v) is 6.12. The third-order valence-electron chi connectivity index (χ3n) is 6.12. The molecule has 2 aliphatic heterocycles. The van der Waals surface area contributed by atoms with E-state index < -0.39 is 24.8 Å². The molecule has 2 saturated heterocycles. The molecule has 0 saturated carbocycles. The number of rotatable bonds is 5. The summed E-state index contributed by atoms with van der Waals surface area (Å²) in [5.74, 6) is 0.583. The van der Waals surface area contributed by atoms with Crippen LogP contribution >= 0.6 is 0 Å². The SMILES string of the molecule is COc1nn(CC(F)F)c2nc(N3CCC4(CN(c5ccnc(C(F)(F)F)c5)C4)C3)ncc12. The molecule has 2 fully saturated rings. The van der Waals surface area contributed by atoms with Crippen LogP contribution in [-0.4, -0.2) is 64.4 Å². The van der Waals surface area contributed by atoms with Crippen LogP contribution in [0.25, 0.3) is 11.0 Å². The second kappa shape index (κ2) is 7.66. The molecular formula is C20H20F5N7O. The highest BCUT2D eigenvalue weighted by atomic mass is 19.4. The maximum atomic E-state index is 13.0. The Kier molecular flexibility index (Phi) is 5.01. The number of aromatic nitrogens is 5. The van der Waals surface area contributed by atoms with Crippen LogP contribution in [-0.2, 0) is 12.7 Å². The van der Waals surface area contributed by atoms with Crippen molar-refractivity contribution in [3.05, 3.63) is 30.2 Å². The number of methoxy groups -OCH3 is 1. The molecule has 0 unspecified atom stereocenters. The van der Waals surface area contributed by atoms with E-state index in [1.54, 1.807) is 6.07 Å². The Morgan fingerprint density at radius 1 is 1.15 bits per heavy atom. The Morgan fingerprint density at radius 3 is 2.61 bits per heavy atom. The van der Waals surface area contributed by atoms with Crippen molar-refractivity contribution in [1.29, 1.82) is 0 Å². The molecule has 1 spiro atoms. The molecule has 33 heavy (non-hydrogen) atoms. The number of nitrogens with zero attached hydrogens (tertiary/aromatic N) is 7. The summed E-state index contributed by atoms with van der Waals surface area (Å²) < 4.78 is 71.1. The zero-order chi connectivity index (χ0) is 23.4. The maximum absolute atomic E-state index is 13.0. The van der Waals surface area contributed by atoms with Crippen molar-refractivity contribution in [1.82, 2.24) is 24.7 Å². The average Bonchev–Trinajstić information content (AvgIpc) is 3.34. The number of hydrogen-bond donors (Lipinski definition) is 0. The highest BCUT2D eigenvalue weighted by Crippen LogP contribution is 2.43. The minimum Gasteiger partial charge on any atom is -0.479 e. The smallest absolute Gasteiger partial charge is 0.433 e. The van der Waals surface area contributed by atoms with Crippen LogP contribution in [0.3, 0.4) is 0 Å². The van der Waals surface area contributed by atoms with E-state index in [9.17, 15) is 22.0 Å². The van der Waals surface area contributed by atoms with Crippen LogP contribution in [0.15, 0.2) is 24.5 Å². The zero-order valence-corrected chi connectivity index (χ0v) is 17.6. The minimum atomic E-state index is -4.49. The summed E-state index contributed by atoms with van der Waals surface area (Å²) in [6, 6.07) is 2.64. The average molecular weight is 469 g/mol. The highest BCUT2D eigenvalue weighted by molar-refractivity contribution is 5.81. The molecule has 176 valence electrons. The molecule has 2 aliphatic rings. The predicted octanol–water partition coefficient (Wildman–Crippen LogP) is 3.23. The van der Waals surface area contributed by atoms with Gasteiger partial charge in [0.15, 0.2) is 5.65 Å². The fourth-order valence-electron chi connectivity index (χ4n) is 4.56. The van der Waals surface area contributed by atoms with Crippen molar-refractivity contribution >= 4 is 22.7 Å². The molecule has 13 heteroatoms. The summed E-state index contributed by atoms with van der Waals surface area (Å²) in [6.45, 7) is 1.87. The van der Waals surface area contributed by atoms with Gasteiger partial charge in [0.05, 0.1) is 7.11 Å². The molecule has 0 radical (unpaired) electrons. The van der Waals surface area contributed by atoms with Crippen molar-refractivity contribution in [3.8, 4) is 5.88 Å². The second-order valence-electron chi connectivity index (χ2n) is 8.41. The minimum absolute atomic E-state index is 0.0963. The first kappa shape index (κ1) is 21.6. The van der Waals surface area contributed by atoms with Gasteiger partial charge in [0.25, 0.3) is 6.43 Å². The van der Waals surface area contributed by atoms with Gasteiger partial charge in [0, 0.05) is 49.7 Å². The summed E-state index contributed by atoms with van der Waals surface area (Å²) in [5, 5.41) is 4.49. The number of alkyl halides is 5. The molecule has 3 aromatic heterocycles. The maximum Gasteiger partial charge on any atom is 0.433 e. The molecule has 5 rings (SSSR count). The number of ether oxygens (including phenoxy) is 1. The Labute approximate surface area is 185 Å². The first-order valence-corrected chi connectivity index (χ1v) is 10.3. The largest absolute Gasteiger partial charge is 0.479 e. The summed E-state index contributed by atoms with van der Waals surface area (Å²) in [5.41, 5.74) is -0.251. The normalized spacial score (nSPS) is 17.9. The van der Waals surface area contributed by atoms with E-state index in [-0.39, 0.29) is 16.9 Å². The van der Waals surface area contributed by atoms with Gasteiger partial charge < -0.3 is 14.5 Å². The molecule has 0 amide bonds. The molecular weight excluding hydrogens is 449 g/mol. The van der Waals surface area contributed by atoms with Gasteiger partial charge in [-0.05, 0) is 18.6 Å². The Balaban J connectivity index is 1.32. The summed E-state index contributed by atoms with van der Waals surface area (Å²) >= 11 is 0. The molecule has 0 aromatic carbocycles. The van der Waals surface area contributed by atoms with E-state index in [4.69, 9.17) is 4.74 Å². The third kappa shape index (κ3) is 3.89. The summed E-state index contributed by atoms with van der Waals surface area (Å²) in [7, 11) is 1.40. The van der Waals surface area contributed by atoms with E-state index >= 15 is 0 Å². The number of anilines is 2. The van der Waals surface area contributed by atoms with E-state index in [1.165, 1.54) is 19.5 Å². The van der Waals surface area contributed by atoms with Crippen molar-refractivity contribution in [2.24, 2.45) is 5.41 Å². The van der Waals surface area contributed by atoms with Crippen molar-refractivity contribution < 1.29 is 26.7 Å². The first-order valence-electron chi connectivity index (χ1n) is 10.3. The van der Waals surface area contributed by atoms with Crippen molar-refractivity contribution in [2.75, 3.05) is 43.1 Å². The van der Waals surface area contributed by atoms with Crippen LogP contribution in [0.2, 0.25) is 0 Å². The van der Waals surface area contributed by atoms with Gasteiger partial charge in [-0.25, -0.2) is 18.4 Å². The lowest BCUT2D eigenvalue weighted by molar-refractivity contribution is -0.141. The summed E-state index contributed by atoms with van der Waals surface area (Å²) in [6.07, 6.45) is -3.58. The molecule has 0 N–H and O–H groups in total. The van der Waals surface area contributed by atoms with Gasteiger partial charge in [0.1, 0.15) is 17.6 Å². The molecule has 8 nitrogen and oxygen atoms in total. The van der Waals surface area contributed by atoms with E-state index in [2.05, 4.69) is 20.1 Å². The Hall–Kier alpha value is -3.25. The number of fused-ring (bicyclic) bond motifs is 1. The monoisotopic (exact) mass is 469 g/mol. The quantitative estimate of drug-likeness (QED) is 0.532. The lowest BCUT2D eigenvalue weighted by Gasteiger charge is -2.49. The lowest BCUT2D eigenvalue weighted by Crippen LogP contribution is -2.57. The van der Waals surface area contributed by atoms with Crippen LogP contribution in [0, 0.1) is 5.41 Å². The van der Waals surface area contributed by atoms with Gasteiger partial charge in [0.2, 0.25) is 11.8 Å². The lowest BCUT2D eigenvalue weighted by atomic mass is 9.79. The molecule has 0 bridgehead atoms. The van der Waals surface area contributed by atoms with Gasteiger partial charge in [-0.1, -0.05) is 0 Å². The molecule has 0 aliphatic carbocycles. The molecule has 5 heterocycles. The van der Waals surface area contributed by atoms with E-state index in [0.717, 1.165) is 17.2 Å². The Bertz CT molecular complexity index is 1180. The number of hydrogen-bond acceptors (Lipinski definition) is 7.